The van der Waals surface area contributed by atoms with E-state index in [9.17, 15) is 27.7 Å². The predicted octanol–water partition coefficient (Wildman–Crippen LogP) is 3.15. The maximum absolute atomic E-state index is 13.2. The third-order valence-corrected chi connectivity index (χ3v) is 1.84. The van der Waals surface area contributed by atoms with E-state index in [1.807, 2.05) is 0 Å². The van der Waals surface area contributed by atoms with Crippen molar-refractivity contribution in [3.05, 3.63) is 33.6 Å². The van der Waals surface area contributed by atoms with Crippen LogP contribution in [0.25, 0.3) is 0 Å². The summed E-state index contributed by atoms with van der Waals surface area (Å²) in [7, 11) is 0. The topological polar surface area (TPSA) is 52.4 Å². The van der Waals surface area contributed by atoms with Gasteiger partial charge in [0.1, 0.15) is 11.3 Å². The zero-order chi connectivity index (χ0) is 13.2. The van der Waals surface area contributed by atoms with Gasteiger partial charge in [-0.05, 0) is 13.0 Å². The number of halogens is 4. The molecule has 0 N–H and O–H groups in total. The summed E-state index contributed by atoms with van der Waals surface area (Å²) >= 11 is 0. The molecule has 0 saturated heterocycles. The van der Waals surface area contributed by atoms with Crippen molar-refractivity contribution in [2.75, 3.05) is 6.61 Å². The van der Waals surface area contributed by atoms with Gasteiger partial charge >= 0.3 is 11.9 Å². The van der Waals surface area contributed by atoms with Gasteiger partial charge < -0.3 is 4.74 Å². The Morgan fingerprint density at radius 1 is 1.41 bits per heavy atom. The van der Waals surface area contributed by atoms with Crippen molar-refractivity contribution in [3.63, 3.8) is 0 Å². The maximum atomic E-state index is 13.2. The van der Waals surface area contributed by atoms with Gasteiger partial charge in [-0.2, -0.15) is 17.6 Å². The molecule has 0 fully saturated rings. The second-order valence-electron chi connectivity index (χ2n) is 2.99. The van der Waals surface area contributed by atoms with Crippen LogP contribution in [0.3, 0.4) is 0 Å². The van der Waals surface area contributed by atoms with Gasteiger partial charge in [-0.15, -0.1) is 0 Å². The number of alkyl halides is 3. The Hall–Kier alpha value is -1.86. The molecule has 17 heavy (non-hydrogen) atoms. The normalized spacial score (nSPS) is 11.4. The van der Waals surface area contributed by atoms with Crippen LogP contribution in [0.5, 0.6) is 5.75 Å². The summed E-state index contributed by atoms with van der Waals surface area (Å²) in [5.74, 6) is -2.31. The summed E-state index contributed by atoms with van der Waals surface area (Å²) in [6.07, 6.45) is -5.01. The lowest BCUT2D eigenvalue weighted by molar-refractivity contribution is -0.388. The highest BCUT2D eigenvalue weighted by atomic mass is 19.4. The highest BCUT2D eigenvalue weighted by Crippen LogP contribution is 2.37. The van der Waals surface area contributed by atoms with Crippen molar-refractivity contribution in [2.24, 2.45) is 0 Å². The molecule has 0 aromatic heterocycles. The molecule has 0 spiro atoms. The fraction of sp³-hybridized carbons (Fsp3) is 0.333. The Kier molecular flexibility index (Phi) is 3.54. The first-order chi connectivity index (χ1) is 7.77. The van der Waals surface area contributed by atoms with Crippen LogP contribution in [0.1, 0.15) is 12.5 Å². The third-order valence-electron chi connectivity index (χ3n) is 1.84. The maximum Gasteiger partial charge on any atom is 0.419 e. The minimum Gasteiger partial charge on any atom is -0.494 e. The monoisotopic (exact) mass is 253 g/mol. The summed E-state index contributed by atoms with van der Waals surface area (Å²) in [5, 5.41) is 10.4. The molecule has 0 radical (unpaired) electrons. The van der Waals surface area contributed by atoms with E-state index < -0.39 is 33.9 Å². The number of nitrogens with zero attached hydrogens (tertiary/aromatic N) is 1. The van der Waals surface area contributed by atoms with Crippen molar-refractivity contribution in [1.82, 2.24) is 0 Å². The van der Waals surface area contributed by atoms with Crippen molar-refractivity contribution >= 4 is 5.69 Å². The number of ether oxygens (including phenoxy) is 1. The Balaban J connectivity index is 3.43. The second kappa shape index (κ2) is 4.56. The summed E-state index contributed by atoms with van der Waals surface area (Å²) in [6, 6.07) is 1.01. The van der Waals surface area contributed by atoms with E-state index in [1.54, 1.807) is 0 Å². The van der Waals surface area contributed by atoms with E-state index >= 15 is 0 Å². The molecule has 94 valence electrons. The highest BCUT2D eigenvalue weighted by molar-refractivity contribution is 5.45. The molecule has 0 aliphatic carbocycles. The molecule has 0 unspecified atom stereocenters. The van der Waals surface area contributed by atoms with Crippen molar-refractivity contribution < 1.29 is 27.2 Å². The van der Waals surface area contributed by atoms with Crippen molar-refractivity contribution in [3.8, 4) is 5.75 Å². The zero-order valence-corrected chi connectivity index (χ0v) is 8.55. The minimum absolute atomic E-state index is 0.0140. The number of nitro groups is 1. The lowest BCUT2D eigenvalue weighted by Crippen LogP contribution is -2.10. The van der Waals surface area contributed by atoms with Gasteiger partial charge in [0.2, 0.25) is 5.82 Å². The first-order valence-electron chi connectivity index (χ1n) is 4.45. The molecule has 1 aromatic rings. The van der Waals surface area contributed by atoms with E-state index in [0.29, 0.717) is 12.1 Å². The molecule has 0 heterocycles. The standard InChI is InChI=1S/C9H7F4NO3/c1-2-17-5-3-6(9(11,12)13)8(10)7(4-5)14(15)16/h3-4H,2H2,1H3. The SMILES string of the molecule is CCOc1cc([N+](=O)[O-])c(F)c(C(F)(F)F)c1. The smallest absolute Gasteiger partial charge is 0.419 e. The van der Waals surface area contributed by atoms with Gasteiger partial charge in [0.15, 0.2) is 0 Å². The average Bonchev–Trinajstić information content (AvgIpc) is 2.18. The number of hydrogen-bond acceptors (Lipinski definition) is 3. The highest BCUT2D eigenvalue weighted by Gasteiger charge is 2.38. The Labute approximate surface area is 93.0 Å². The predicted molar refractivity (Wildman–Crippen MR) is 49.2 cm³/mol. The summed E-state index contributed by atoms with van der Waals surface area (Å²) in [5.41, 5.74) is -2.97. The zero-order valence-electron chi connectivity index (χ0n) is 8.55. The van der Waals surface area contributed by atoms with Crippen LogP contribution in [0.4, 0.5) is 23.2 Å². The molecular weight excluding hydrogens is 246 g/mol. The fourth-order valence-corrected chi connectivity index (χ4v) is 1.17. The summed E-state index contributed by atoms with van der Waals surface area (Å²) < 4.78 is 55.1. The first-order valence-corrected chi connectivity index (χ1v) is 4.45. The van der Waals surface area contributed by atoms with Crippen LogP contribution in [0.15, 0.2) is 12.1 Å². The first kappa shape index (κ1) is 13.2. The fourth-order valence-electron chi connectivity index (χ4n) is 1.17. The van der Waals surface area contributed by atoms with Crippen LogP contribution >= 0.6 is 0 Å². The number of hydrogen-bond donors (Lipinski definition) is 0. The molecule has 0 amide bonds. The molecule has 1 rings (SSSR count). The van der Waals surface area contributed by atoms with E-state index in [1.165, 1.54) is 6.92 Å². The molecule has 0 saturated carbocycles. The van der Waals surface area contributed by atoms with E-state index in [-0.39, 0.29) is 6.61 Å². The van der Waals surface area contributed by atoms with E-state index in [2.05, 4.69) is 0 Å². The molecule has 1 aromatic carbocycles. The number of rotatable bonds is 3. The largest absolute Gasteiger partial charge is 0.494 e. The average molecular weight is 253 g/mol. The van der Waals surface area contributed by atoms with Gasteiger partial charge in [0.05, 0.1) is 17.6 Å². The molecular formula is C9H7F4NO3. The Morgan fingerprint density at radius 3 is 2.41 bits per heavy atom. The molecule has 0 bridgehead atoms. The molecule has 0 aliphatic heterocycles. The Morgan fingerprint density at radius 2 is 2.00 bits per heavy atom. The van der Waals surface area contributed by atoms with Gasteiger partial charge in [-0.25, -0.2) is 0 Å². The van der Waals surface area contributed by atoms with E-state index in [4.69, 9.17) is 4.74 Å². The van der Waals surface area contributed by atoms with Crippen LogP contribution in [0, 0.1) is 15.9 Å². The minimum atomic E-state index is -5.01. The van der Waals surface area contributed by atoms with Crippen LogP contribution in [0.2, 0.25) is 0 Å². The summed E-state index contributed by atoms with van der Waals surface area (Å²) in [6.45, 7) is 1.50. The van der Waals surface area contributed by atoms with Crippen molar-refractivity contribution in [1.29, 1.82) is 0 Å². The van der Waals surface area contributed by atoms with Crippen LogP contribution in [-0.2, 0) is 6.18 Å². The van der Waals surface area contributed by atoms with E-state index in [0.717, 1.165) is 0 Å². The second-order valence-corrected chi connectivity index (χ2v) is 2.99. The molecule has 4 nitrogen and oxygen atoms in total. The van der Waals surface area contributed by atoms with Gasteiger partial charge in [0, 0.05) is 0 Å². The number of nitro benzene ring substituents is 1. The van der Waals surface area contributed by atoms with Crippen LogP contribution < -0.4 is 4.74 Å². The van der Waals surface area contributed by atoms with Crippen LogP contribution in [-0.4, -0.2) is 11.5 Å². The van der Waals surface area contributed by atoms with Gasteiger partial charge in [-0.3, -0.25) is 10.1 Å². The summed E-state index contributed by atoms with van der Waals surface area (Å²) in [4.78, 5) is 9.17. The van der Waals surface area contributed by atoms with Gasteiger partial charge in [-0.1, -0.05) is 0 Å². The lowest BCUT2D eigenvalue weighted by atomic mass is 10.1. The van der Waals surface area contributed by atoms with Crippen molar-refractivity contribution in [2.45, 2.75) is 13.1 Å². The Bertz CT molecular complexity index is 445. The third kappa shape index (κ3) is 2.83. The quantitative estimate of drug-likeness (QED) is 0.472. The molecule has 0 atom stereocenters. The molecule has 8 heteroatoms. The number of benzene rings is 1. The molecule has 0 aliphatic rings. The van der Waals surface area contributed by atoms with Gasteiger partial charge in [0.25, 0.3) is 0 Å². The lowest BCUT2D eigenvalue weighted by Gasteiger charge is -2.10.